The van der Waals surface area contributed by atoms with Crippen LogP contribution < -0.4 is 11.1 Å². The van der Waals surface area contributed by atoms with E-state index in [0.29, 0.717) is 10.6 Å². The van der Waals surface area contributed by atoms with E-state index in [1.807, 2.05) is 0 Å². The highest BCUT2D eigenvalue weighted by Crippen LogP contribution is 2.54. The van der Waals surface area contributed by atoms with Crippen LogP contribution in [-0.2, 0) is 5.41 Å². The summed E-state index contributed by atoms with van der Waals surface area (Å²) >= 11 is 6.85. The Bertz CT molecular complexity index is 1000. The van der Waals surface area contributed by atoms with E-state index in [1.54, 1.807) is 12.3 Å². The van der Waals surface area contributed by atoms with Gasteiger partial charge in [0.25, 0.3) is 0 Å². The van der Waals surface area contributed by atoms with Gasteiger partial charge in [0.05, 0.1) is 10.6 Å². The maximum absolute atomic E-state index is 15.2. The Morgan fingerprint density at radius 1 is 1.31 bits per heavy atom. The normalized spacial score (nSPS) is 25.7. The molecule has 1 fully saturated rings. The summed E-state index contributed by atoms with van der Waals surface area (Å²) in [7, 11) is 0. The van der Waals surface area contributed by atoms with Crippen molar-refractivity contribution in [3.8, 4) is 11.1 Å². The summed E-state index contributed by atoms with van der Waals surface area (Å²) in [6.07, 6.45) is 5.06. The molecule has 4 rings (SSSR count). The number of anilines is 2. The zero-order valence-electron chi connectivity index (χ0n) is 16.6. The number of fused-ring (bicyclic) bond motifs is 2. The van der Waals surface area contributed by atoms with Gasteiger partial charge in [-0.2, -0.15) is 0 Å². The molecule has 0 bridgehead atoms. The van der Waals surface area contributed by atoms with Crippen molar-refractivity contribution in [2.75, 3.05) is 24.2 Å². The number of aromatic nitrogens is 1. The summed E-state index contributed by atoms with van der Waals surface area (Å²) in [6, 6.07) is 3.07. The molecule has 0 radical (unpaired) electrons. The number of carbonyl (C=O) groups excluding carboxylic acids is 1. The summed E-state index contributed by atoms with van der Waals surface area (Å²) in [4.78, 5) is 16.4. The lowest BCUT2D eigenvalue weighted by Crippen LogP contribution is -2.39. The first-order valence-electron chi connectivity index (χ1n) is 9.84. The highest BCUT2D eigenvalue weighted by Gasteiger charge is 2.47. The average Bonchev–Trinajstić information content (AvgIpc) is 3.05. The van der Waals surface area contributed by atoms with Crippen molar-refractivity contribution in [2.24, 2.45) is 5.41 Å². The predicted molar refractivity (Wildman–Crippen MR) is 113 cm³/mol. The first-order valence-corrected chi connectivity index (χ1v) is 10.2. The minimum atomic E-state index is -0.669. The van der Waals surface area contributed by atoms with E-state index >= 15 is 4.39 Å². The molecule has 7 heteroatoms. The Morgan fingerprint density at radius 2 is 2.00 bits per heavy atom. The summed E-state index contributed by atoms with van der Waals surface area (Å²) in [5, 5.41) is 13.5. The van der Waals surface area contributed by atoms with E-state index in [4.69, 9.17) is 17.3 Å². The van der Waals surface area contributed by atoms with Crippen LogP contribution in [0.15, 0.2) is 18.3 Å². The Labute approximate surface area is 174 Å². The molecule has 0 saturated heterocycles. The largest absolute Gasteiger partial charge is 0.398 e. The van der Waals surface area contributed by atoms with Crippen LogP contribution in [0.25, 0.3) is 11.1 Å². The van der Waals surface area contributed by atoms with E-state index in [2.05, 4.69) is 17.2 Å². The number of aliphatic hydroxyl groups excluding tert-OH is 1. The molecular weight excluding hydrogens is 393 g/mol. The average molecular weight is 418 g/mol. The number of carbonyl (C=O) groups is 1. The van der Waals surface area contributed by atoms with Gasteiger partial charge in [-0.15, -0.1) is 0 Å². The fourth-order valence-electron chi connectivity index (χ4n) is 4.71. The molecule has 2 aromatic rings. The van der Waals surface area contributed by atoms with Gasteiger partial charge in [-0.05, 0) is 50.2 Å². The first kappa shape index (κ1) is 20.1. The van der Waals surface area contributed by atoms with Gasteiger partial charge in [-0.1, -0.05) is 18.5 Å². The van der Waals surface area contributed by atoms with E-state index in [-0.39, 0.29) is 34.3 Å². The molecule has 5 nitrogen and oxygen atoms in total. The molecule has 4 N–H and O–H groups in total. The Balaban J connectivity index is 1.82. The van der Waals surface area contributed by atoms with Crippen LogP contribution in [0.4, 0.5) is 15.9 Å². The van der Waals surface area contributed by atoms with Gasteiger partial charge >= 0.3 is 0 Å². The van der Waals surface area contributed by atoms with Crippen LogP contribution in [0.2, 0.25) is 5.02 Å². The second-order valence-electron chi connectivity index (χ2n) is 8.76. The van der Waals surface area contributed by atoms with Gasteiger partial charge in [0.2, 0.25) is 0 Å². The lowest BCUT2D eigenvalue weighted by atomic mass is 9.63. The molecule has 1 aromatic heterocycles. The van der Waals surface area contributed by atoms with Crippen molar-refractivity contribution in [3.05, 3.63) is 40.3 Å². The summed E-state index contributed by atoms with van der Waals surface area (Å²) in [5.41, 5.74) is 7.13. The minimum absolute atomic E-state index is 0.0784. The van der Waals surface area contributed by atoms with E-state index < -0.39 is 11.6 Å². The van der Waals surface area contributed by atoms with Crippen LogP contribution in [0.3, 0.4) is 0 Å². The number of rotatable bonds is 3. The van der Waals surface area contributed by atoms with E-state index in [1.165, 1.54) is 13.0 Å². The fraction of sp³-hybridized carbons (Fsp3) is 0.455. The molecule has 2 aliphatic rings. The van der Waals surface area contributed by atoms with Crippen molar-refractivity contribution < 1.29 is 14.3 Å². The topological polar surface area (TPSA) is 88.2 Å². The zero-order valence-corrected chi connectivity index (χ0v) is 17.4. The maximum atomic E-state index is 15.2. The molecule has 0 unspecified atom stereocenters. The lowest BCUT2D eigenvalue weighted by molar-refractivity contribution is 0.0741. The van der Waals surface area contributed by atoms with E-state index in [9.17, 15) is 9.90 Å². The molecule has 1 aromatic carbocycles. The second kappa shape index (κ2) is 6.96. The van der Waals surface area contributed by atoms with Crippen molar-refractivity contribution in [1.82, 2.24) is 4.98 Å². The number of nitrogen functional groups attached to an aromatic ring is 1. The molecule has 1 spiro atoms. The van der Waals surface area contributed by atoms with Crippen LogP contribution >= 0.6 is 11.6 Å². The molecule has 0 amide bonds. The highest BCUT2D eigenvalue weighted by atomic mass is 35.5. The number of Topliss-reactive ketones (excluding diaryl/α,β-unsaturated/α-hetero) is 1. The van der Waals surface area contributed by atoms with Gasteiger partial charge in [-0.3, -0.25) is 4.79 Å². The standard InChI is InChI=1S/C22H25ClFN3O2/c1-12(29)16-15(25)4-3-13(19(16)24)14-9-26-20-17(18(14)23)22(10-27-20)7-5-21(2,11-28)6-8-22/h3-4,9,28H,5-8,10-11,25H2,1-2H3,(H,26,27). The fourth-order valence-corrected chi connectivity index (χ4v) is 5.15. The summed E-state index contributed by atoms with van der Waals surface area (Å²) < 4.78 is 15.2. The second-order valence-corrected chi connectivity index (χ2v) is 9.14. The third-order valence-electron chi connectivity index (χ3n) is 6.75. The molecule has 1 aliphatic carbocycles. The predicted octanol–water partition coefficient (Wildman–Crippen LogP) is 4.56. The Kier molecular flexibility index (Phi) is 4.82. The summed E-state index contributed by atoms with van der Waals surface area (Å²) in [5.74, 6) is -0.368. The quantitative estimate of drug-likeness (QED) is 0.503. The number of aliphatic hydroxyl groups is 1. The lowest BCUT2D eigenvalue weighted by Gasteiger charge is -2.42. The van der Waals surface area contributed by atoms with Crippen LogP contribution in [0.1, 0.15) is 55.5 Å². The Hall–Kier alpha value is -2.18. The Morgan fingerprint density at radius 3 is 2.62 bits per heavy atom. The molecule has 1 aliphatic heterocycles. The molecule has 154 valence electrons. The SMILES string of the molecule is CC(=O)c1c(N)ccc(-c2cnc3c(c2Cl)C2(CCC(C)(CO)CC2)CN3)c1F. The number of hydrogen-bond acceptors (Lipinski definition) is 5. The number of benzene rings is 1. The number of hydrogen-bond donors (Lipinski definition) is 3. The van der Waals surface area contributed by atoms with Gasteiger partial charge in [0, 0.05) is 47.1 Å². The number of pyridine rings is 1. The maximum Gasteiger partial charge on any atom is 0.164 e. The van der Waals surface area contributed by atoms with Gasteiger partial charge in [-0.25, -0.2) is 9.37 Å². The molecule has 0 atom stereocenters. The van der Waals surface area contributed by atoms with Crippen molar-refractivity contribution in [2.45, 2.75) is 44.9 Å². The first-order chi connectivity index (χ1) is 13.7. The molecule has 29 heavy (non-hydrogen) atoms. The smallest absolute Gasteiger partial charge is 0.164 e. The minimum Gasteiger partial charge on any atom is -0.398 e. The van der Waals surface area contributed by atoms with Gasteiger partial charge in [0.15, 0.2) is 5.78 Å². The monoisotopic (exact) mass is 417 g/mol. The number of nitrogens with two attached hydrogens (primary N) is 1. The van der Waals surface area contributed by atoms with Gasteiger partial charge < -0.3 is 16.2 Å². The van der Waals surface area contributed by atoms with Crippen LogP contribution in [0, 0.1) is 11.2 Å². The third kappa shape index (κ3) is 3.09. The number of nitrogens with zero attached hydrogens (tertiary/aromatic N) is 1. The van der Waals surface area contributed by atoms with Crippen LogP contribution in [-0.4, -0.2) is 29.0 Å². The van der Waals surface area contributed by atoms with E-state index in [0.717, 1.165) is 43.6 Å². The highest BCUT2D eigenvalue weighted by molar-refractivity contribution is 6.34. The van der Waals surface area contributed by atoms with Gasteiger partial charge in [0.1, 0.15) is 11.6 Å². The molecular formula is C22H25ClFN3O2. The number of halogens is 2. The van der Waals surface area contributed by atoms with Crippen molar-refractivity contribution >= 4 is 28.9 Å². The molecule has 1 saturated carbocycles. The zero-order chi connectivity index (χ0) is 21.0. The van der Waals surface area contributed by atoms with Crippen molar-refractivity contribution in [1.29, 1.82) is 0 Å². The molecule has 2 heterocycles. The summed E-state index contributed by atoms with van der Waals surface area (Å²) in [6.45, 7) is 4.29. The third-order valence-corrected chi connectivity index (χ3v) is 7.15. The number of ketones is 1. The number of nitrogens with one attached hydrogen (secondary N) is 1. The van der Waals surface area contributed by atoms with Crippen LogP contribution in [0.5, 0.6) is 0 Å². The van der Waals surface area contributed by atoms with Crippen molar-refractivity contribution in [3.63, 3.8) is 0 Å².